The summed E-state index contributed by atoms with van der Waals surface area (Å²) >= 11 is 6.81. The minimum Gasteiger partial charge on any atom is -0.228 e. The van der Waals surface area contributed by atoms with E-state index in [4.69, 9.17) is 0 Å². The second-order valence-corrected chi connectivity index (χ2v) is 10.7. The number of alkyl halides is 2. The maximum atomic E-state index is 11.6. The van der Waals surface area contributed by atoms with Gasteiger partial charge in [0.1, 0.15) is 4.66 Å². The van der Waals surface area contributed by atoms with Crippen molar-refractivity contribution in [3.05, 3.63) is 0 Å². The Labute approximate surface area is 142 Å². The van der Waals surface area contributed by atoms with Crippen LogP contribution in [-0.4, -0.2) is 23.2 Å². The molecule has 122 valence electrons. The quantitative estimate of drug-likeness (QED) is 0.270. The van der Waals surface area contributed by atoms with Crippen LogP contribution >= 0.6 is 31.9 Å². The molecular formula is C15H30Br2O2S. The molecule has 0 saturated heterocycles. The van der Waals surface area contributed by atoms with E-state index < -0.39 is 9.84 Å². The lowest BCUT2D eigenvalue weighted by Crippen LogP contribution is -2.18. The van der Waals surface area contributed by atoms with Crippen molar-refractivity contribution in [2.24, 2.45) is 0 Å². The number of hydrogen-bond donors (Lipinski definition) is 0. The average molecular weight is 434 g/mol. The van der Waals surface area contributed by atoms with Crippen molar-refractivity contribution in [1.29, 1.82) is 0 Å². The Bertz CT molecular complexity index is 318. The van der Waals surface area contributed by atoms with Crippen molar-refractivity contribution < 1.29 is 8.42 Å². The third-order valence-corrected chi connectivity index (χ3v) is 8.36. The van der Waals surface area contributed by atoms with Crippen LogP contribution in [0, 0.1) is 0 Å². The van der Waals surface area contributed by atoms with Crippen molar-refractivity contribution in [2.75, 3.05) is 4.66 Å². The standard InChI is InChI=1S/C15H30Br2O2S/c1-3-4-5-8-11-15(17)12-9-6-7-10-14(2)20(18,19)13-16/h14-15H,3-13H2,1-2H3. The lowest BCUT2D eigenvalue weighted by atomic mass is 10.1. The predicted molar refractivity (Wildman–Crippen MR) is 96.7 cm³/mol. The molecule has 0 spiro atoms. The van der Waals surface area contributed by atoms with E-state index in [1.807, 2.05) is 6.92 Å². The van der Waals surface area contributed by atoms with Crippen LogP contribution in [0.4, 0.5) is 0 Å². The SMILES string of the molecule is CCCCCCC(Br)CCCCCC(C)S(=O)(=O)CBr. The van der Waals surface area contributed by atoms with Crippen molar-refractivity contribution in [2.45, 2.75) is 88.1 Å². The van der Waals surface area contributed by atoms with Crippen molar-refractivity contribution in [1.82, 2.24) is 0 Å². The molecule has 20 heavy (non-hydrogen) atoms. The fourth-order valence-corrected chi connectivity index (χ4v) is 4.94. The highest BCUT2D eigenvalue weighted by atomic mass is 79.9. The molecule has 5 heteroatoms. The summed E-state index contributed by atoms with van der Waals surface area (Å²) in [5.41, 5.74) is 0. The topological polar surface area (TPSA) is 34.1 Å². The van der Waals surface area contributed by atoms with E-state index in [0.29, 0.717) is 4.83 Å². The summed E-state index contributed by atoms with van der Waals surface area (Å²) in [5, 5.41) is -0.212. The highest BCUT2D eigenvalue weighted by Crippen LogP contribution is 2.20. The number of halogens is 2. The first kappa shape index (κ1) is 20.9. The number of unbranched alkanes of at least 4 members (excludes halogenated alkanes) is 5. The van der Waals surface area contributed by atoms with Gasteiger partial charge in [-0.1, -0.05) is 83.7 Å². The van der Waals surface area contributed by atoms with Gasteiger partial charge >= 0.3 is 0 Å². The summed E-state index contributed by atoms with van der Waals surface area (Å²) in [7, 11) is -2.91. The van der Waals surface area contributed by atoms with Gasteiger partial charge in [0.05, 0.1) is 5.25 Å². The van der Waals surface area contributed by atoms with Crippen LogP contribution in [0.25, 0.3) is 0 Å². The van der Waals surface area contributed by atoms with E-state index in [9.17, 15) is 8.42 Å². The molecule has 2 unspecified atom stereocenters. The van der Waals surface area contributed by atoms with Crippen molar-refractivity contribution in [3.8, 4) is 0 Å². The zero-order valence-electron chi connectivity index (χ0n) is 12.9. The smallest absolute Gasteiger partial charge is 0.162 e. The molecular weight excluding hydrogens is 404 g/mol. The van der Waals surface area contributed by atoms with Crippen LogP contribution in [0.2, 0.25) is 0 Å². The molecule has 0 radical (unpaired) electrons. The molecule has 0 aromatic heterocycles. The number of rotatable bonds is 13. The second kappa shape index (κ2) is 12.5. The highest BCUT2D eigenvalue weighted by molar-refractivity contribution is 9.10. The predicted octanol–water partition coefficient (Wildman–Crippen LogP) is 5.83. The second-order valence-electron chi connectivity index (χ2n) is 5.67. The van der Waals surface area contributed by atoms with E-state index in [1.165, 1.54) is 44.9 Å². The molecule has 0 aliphatic heterocycles. The minimum atomic E-state index is -2.91. The Morgan fingerprint density at radius 3 is 1.90 bits per heavy atom. The molecule has 0 aromatic rings. The summed E-state index contributed by atoms with van der Waals surface area (Å²) in [6.07, 6.45) is 11.9. The van der Waals surface area contributed by atoms with Crippen LogP contribution in [0.5, 0.6) is 0 Å². The molecule has 2 atom stereocenters. The first-order valence-corrected chi connectivity index (χ1v) is 11.6. The third kappa shape index (κ3) is 10.6. The van der Waals surface area contributed by atoms with Gasteiger partial charge in [0, 0.05) is 4.83 Å². The van der Waals surface area contributed by atoms with E-state index >= 15 is 0 Å². The first-order chi connectivity index (χ1) is 9.44. The average Bonchev–Trinajstić information content (AvgIpc) is 2.43. The van der Waals surface area contributed by atoms with Crippen LogP contribution in [0.3, 0.4) is 0 Å². The molecule has 0 fully saturated rings. The molecule has 0 heterocycles. The third-order valence-electron chi connectivity index (χ3n) is 3.76. The summed E-state index contributed by atoms with van der Waals surface area (Å²) in [5.74, 6) is 0. The van der Waals surface area contributed by atoms with Gasteiger partial charge in [-0.3, -0.25) is 0 Å². The largest absolute Gasteiger partial charge is 0.228 e. The van der Waals surface area contributed by atoms with Gasteiger partial charge in [-0.05, 0) is 26.2 Å². The number of hydrogen-bond acceptors (Lipinski definition) is 2. The fraction of sp³-hybridized carbons (Fsp3) is 1.00. The molecule has 0 aliphatic rings. The Hall–Kier alpha value is 0.910. The Kier molecular flexibility index (Phi) is 13.0. The molecule has 0 rings (SSSR count). The molecule has 0 saturated carbocycles. The maximum absolute atomic E-state index is 11.6. The van der Waals surface area contributed by atoms with Gasteiger partial charge in [0.25, 0.3) is 0 Å². The monoisotopic (exact) mass is 432 g/mol. The summed E-state index contributed by atoms with van der Waals surface area (Å²) < 4.78 is 23.3. The van der Waals surface area contributed by atoms with Crippen molar-refractivity contribution >= 4 is 41.7 Å². The van der Waals surface area contributed by atoms with Crippen LogP contribution in [0.15, 0.2) is 0 Å². The maximum Gasteiger partial charge on any atom is 0.162 e. The van der Waals surface area contributed by atoms with E-state index in [2.05, 4.69) is 38.8 Å². The van der Waals surface area contributed by atoms with Crippen LogP contribution in [-0.2, 0) is 9.84 Å². The molecule has 0 aromatic carbocycles. The molecule has 0 aliphatic carbocycles. The highest BCUT2D eigenvalue weighted by Gasteiger charge is 2.18. The van der Waals surface area contributed by atoms with E-state index in [0.717, 1.165) is 19.3 Å². The molecule has 0 bridgehead atoms. The molecule has 0 amide bonds. The molecule has 2 nitrogen and oxygen atoms in total. The zero-order chi connectivity index (χ0) is 15.4. The van der Waals surface area contributed by atoms with Gasteiger partial charge in [-0.2, -0.15) is 0 Å². The van der Waals surface area contributed by atoms with Gasteiger partial charge in [0.2, 0.25) is 0 Å². The van der Waals surface area contributed by atoms with Gasteiger partial charge in [0.15, 0.2) is 9.84 Å². The lowest BCUT2D eigenvalue weighted by molar-refractivity contribution is 0.549. The van der Waals surface area contributed by atoms with E-state index in [1.54, 1.807) is 0 Å². The summed E-state index contributed by atoms with van der Waals surface area (Å²) in [4.78, 5) is 0.642. The zero-order valence-corrected chi connectivity index (χ0v) is 16.9. The van der Waals surface area contributed by atoms with E-state index in [-0.39, 0.29) is 9.91 Å². The fourth-order valence-electron chi connectivity index (χ4n) is 2.20. The van der Waals surface area contributed by atoms with Gasteiger partial charge in [-0.15, -0.1) is 0 Å². The Morgan fingerprint density at radius 2 is 1.40 bits per heavy atom. The first-order valence-electron chi connectivity index (χ1n) is 7.85. The summed E-state index contributed by atoms with van der Waals surface area (Å²) in [6.45, 7) is 4.06. The molecule has 0 N–H and O–H groups in total. The van der Waals surface area contributed by atoms with Crippen LogP contribution < -0.4 is 0 Å². The minimum absolute atomic E-state index is 0.0857. The Balaban J connectivity index is 3.52. The van der Waals surface area contributed by atoms with Crippen molar-refractivity contribution in [3.63, 3.8) is 0 Å². The van der Waals surface area contributed by atoms with Crippen LogP contribution in [0.1, 0.15) is 78.1 Å². The van der Waals surface area contributed by atoms with Gasteiger partial charge in [-0.25, -0.2) is 8.42 Å². The lowest BCUT2D eigenvalue weighted by Gasteiger charge is -2.12. The Morgan fingerprint density at radius 1 is 0.900 bits per heavy atom. The normalized spacial score (nSPS) is 15.2. The summed E-state index contributed by atoms with van der Waals surface area (Å²) in [6, 6.07) is 0. The van der Waals surface area contributed by atoms with Gasteiger partial charge < -0.3 is 0 Å². The number of sulfone groups is 1.